The minimum absolute atomic E-state index is 0.0370. The summed E-state index contributed by atoms with van der Waals surface area (Å²) in [5.41, 5.74) is 2.34. The van der Waals surface area contributed by atoms with Gasteiger partial charge in [0.25, 0.3) is 5.91 Å². The van der Waals surface area contributed by atoms with Crippen LogP contribution in [0.5, 0.6) is 0 Å². The molecule has 0 saturated carbocycles. The van der Waals surface area contributed by atoms with E-state index in [0.717, 1.165) is 5.56 Å². The number of amides is 2. The van der Waals surface area contributed by atoms with Crippen LogP contribution in [0.15, 0.2) is 60.9 Å². The number of nitrogens with zero attached hydrogens (tertiary/aromatic N) is 4. The number of hydrogen-bond donors (Lipinski definition) is 1. The van der Waals surface area contributed by atoms with Crippen molar-refractivity contribution < 1.29 is 9.59 Å². The van der Waals surface area contributed by atoms with Gasteiger partial charge in [-0.15, -0.1) is 0 Å². The fourth-order valence-electron chi connectivity index (χ4n) is 3.55. The number of piperazine rings is 1. The lowest BCUT2D eigenvalue weighted by atomic mass is 10.1. The van der Waals surface area contributed by atoms with Gasteiger partial charge < -0.3 is 14.8 Å². The molecule has 4 rings (SSSR count). The van der Waals surface area contributed by atoms with Gasteiger partial charge in [-0.1, -0.05) is 24.3 Å². The average Bonchev–Trinajstić information content (AvgIpc) is 3.30. The molecule has 2 heterocycles. The van der Waals surface area contributed by atoms with Crippen LogP contribution < -0.4 is 4.90 Å². The maximum atomic E-state index is 13.1. The summed E-state index contributed by atoms with van der Waals surface area (Å²) in [6.07, 6.45) is 3.38. The minimum atomic E-state index is -0.207. The van der Waals surface area contributed by atoms with E-state index >= 15 is 0 Å². The van der Waals surface area contributed by atoms with E-state index in [1.165, 1.54) is 0 Å². The molecule has 7 nitrogen and oxygen atoms in total. The second-order valence-electron chi connectivity index (χ2n) is 6.93. The number of hydrogen-bond acceptors (Lipinski definition) is 4. The maximum Gasteiger partial charge on any atom is 0.254 e. The Labute approximate surface area is 168 Å². The zero-order chi connectivity index (χ0) is 20.4. The van der Waals surface area contributed by atoms with Crippen molar-refractivity contribution >= 4 is 17.5 Å². The molecule has 1 aromatic heterocycles. The van der Waals surface area contributed by atoms with Gasteiger partial charge in [0, 0.05) is 36.1 Å². The van der Waals surface area contributed by atoms with E-state index in [2.05, 4.69) is 16.0 Å². The molecular weight excluding hydrogens is 366 g/mol. The molecule has 1 unspecified atom stereocenters. The summed E-state index contributed by atoms with van der Waals surface area (Å²) >= 11 is 0. The van der Waals surface area contributed by atoms with Crippen LogP contribution in [-0.2, 0) is 4.79 Å². The molecule has 1 aliphatic heterocycles. The molecule has 0 radical (unpaired) electrons. The summed E-state index contributed by atoms with van der Waals surface area (Å²) in [7, 11) is 0. The Hall–Kier alpha value is -3.92. The zero-order valence-corrected chi connectivity index (χ0v) is 15.9. The standard InChI is InChI=1S/C22H19N5O2/c1-15-13-27(19-8-3-2-5-18(19)12-23)20(28)14-26(15)22(29)17-7-4-6-16(11-17)21-24-9-10-25-21/h2-11,15H,13-14H2,1H3,(H,24,25). The second-order valence-corrected chi connectivity index (χ2v) is 6.93. The number of nitriles is 1. The van der Waals surface area contributed by atoms with Crippen molar-refractivity contribution in [1.82, 2.24) is 14.9 Å². The lowest BCUT2D eigenvalue weighted by Gasteiger charge is -2.39. The first kappa shape index (κ1) is 18.4. The van der Waals surface area contributed by atoms with Crippen LogP contribution in [0.3, 0.4) is 0 Å². The van der Waals surface area contributed by atoms with Crippen molar-refractivity contribution in [2.24, 2.45) is 0 Å². The predicted octanol–water partition coefficient (Wildman–Crippen LogP) is 2.83. The number of carbonyl (C=O) groups excluding carboxylic acids is 2. The molecule has 0 spiro atoms. The summed E-state index contributed by atoms with van der Waals surface area (Å²) in [5, 5.41) is 9.33. The van der Waals surface area contributed by atoms with Gasteiger partial charge in [-0.2, -0.15) is 5.26 Å². The first-order valence-corrected chi connectivity index (χ1v) is 9.29. The smallest absolute Gasteiger partial charge is 0.254 e. The van der Waals surface area contributed by atoms with Gasteiger partial charge in [-0.25, -0.2) is 4.98 Å². The molecule has 2 amide bonds. The van der Waals surface area contributed by atoms with Crippen LogP contribution >= 0.6 is 0 Å². The Balaban J connectivity index is 1.57. The van der Waals surface area contributed by atoms with Crippen LogP contribution in [0.4, 0.5) is 5.69 Å². The molecule has 2 aromatic carbocycles. The van der Waals surface area contributed by atoms with Gasteiger partial charge in [0.15, 0.2) is 0 Å². The highest BCUT2D eigenvalue weighted by Crippen LogP contribution is 2.25. The van der Waals surface area contributed by atoms with Crippen LogP contribution in [0.25, 0.3) is 11.4 Å². The summed E-state index contributed by atoms with van der Waals surface area (Å²) in [6, 6.07) is 16.1. The number of benzene rings is 2. The zero-order valence-electron chi connectivity index (χ0n) is 15.9. The monoisotopic (exact) mass is 385 g/mol. The fraction of sp³-hybridized carbons (Fsp3) is 0.182. The Morgan fingerprint density at radius 2 is 2.07 bits per heavy atom. The predicted molar refractivity (Wildman–Crippen MR) is 108 cm³/mol. The molecular formula is C22H19N5O2. The average molecular weight is 385 g/mol. The van der Waals surface area contributed by atoms with Crippen LogP contribution in [0, 0.1) is 11.3 Å². The largest absolute Gasteiger partial charge is 0.345 e. The fourth-order valence-corrected chi connectivity index (χ4v) is 3.55. The maximum absolute atomic E-state index is 13.1. The van der Waals surface area contributed by atoms with Crippen molar-refractivity contribution in [2.75, 3.05) is 18.0 Å². The number of imidazole rings is 1. The third-order valence-corrected chi connectivity index (χ3v) is 5.04. The summed E-state index contributed by atoms with van der Waals surface area (Å²) in [5.74, 6) is 0.274. The van der Waals surface area contributed by atoms with Crippen LogP contribution in [0.1, 0.15) is 22.8 Å². The lowest BCUT2D eigenvalue weighted by molar-refractivity contribution is -0.121. The quantitative estimate of drug-likeness (QED) is 0.750. The number of rotatable bonds is 3. The van der Waals surface area contributed by atoms with E-state index in [9.17, 15) is 14.9 Å². The van der Waals surface area contributed by atoms with Crippen molar-refractivity contribution in [3.05, 3.63) is 72.1 Å². The molecule has 1 atom stereocenters. The molecule has 1 N–H and O–H groups in total. The number of carbonyl (C=O) groups is 2. The number of aromatic nitrogens is 2. The Kier molecular flexibility index (Phi) is 4.83. The molecule has 1 aliphatic rings. The molecule has 1 saturated heterocycles. The summed E-state index contributed by atoms with van der Waals surface area (Å²) < 4.78 is 0. The van der Waals surface area contributed by atoms with Crippen LogP contribution in [0.2, 0.25) is 0 Å². The Bertz CT molecular complexity index is 1100. The Morgan fingerprint density at radius 1 is 1.24 bits per heavy atom. The van der Waals surface area contributed by atoms with E-state index in [0.29, 0.717) is 29.2 Å². The van der Waals surface area contributed by atoms with E-state index in [1.54, 1.807) is 64.7 Å². The number of anilines is 1. The third kappa shape index (κ3) is 3.48. The topological polar surface area (TPSA) is 93.1 Å². The molecule has 7 heteroatoms. The molecule has 3 aromatic rings. The number of para-hydroxylation sites is 1. The highest BCUT2D eigenvalue weighted by Gasteiger charge is 2.34. The van der Waals surface area contributed by atoms with E-state index in [4.69, 9.17) is 0 Å². The number of aromatic amines is 1. The van der Waals surface area contributed by atoms with Crippen molar-refractivity contribution in [3.63, 3.8) is 0 Å². The van der Waals surface area contributed by atoms with E-state index in [-0.39, 0.29) is 24.4 Å². The van der Waals surface area contributed by atoms with Gasteiger partial charge in [0.2, 0.25) is 5.91 Å². The first-order valence-electron chi connectivity index (χ1n) is 9.29. The minimum Gasteiger partial charge on any atom is -0.345 e. The first-order chi connectivity index (χ1) is 14.1. The van der Waals surface area contributed by atoms with Gasteiger partial charge in [0.05, 0.1) is 11.3 Å². The summed E-state index contributed by atoms with van der Waals surface area (Å²) in [6.45, 7) is 2.20. The lowest BCUT2D eigenvalue weighted by Crippen LogP contribution is -2.57. The molecule has 144 valence electrons. The van der Waals surface area contributed by atoms with Gasteiger partial charge in [0.1, 0.15) is 18.4 Å². The highest BCUT2D eigenvalue weighted by molar-refractivity contribution is 6.02. The van der Waals surface area contributed by atoms with E-state index in [1.807, 2.05) is 13.0 Å². The molecule has 1 fully saturated rings. The third-order valence-electron chi connectivity index (χ3n) is 5.04. The van der Waals surface area contributed by atoms with Crippen molar-refractivity contribution in [2.45, 2.75) is 13.0 Å². The summed E-state index contributed by atoms with van der Waals surface area (Å²) in [4.78, 5) is 36.3. The highest BCUT2D eigenvalue weighted by atomic mass is 16.2. The van der Waals surface area contributed by atoms with Gasteiger partial charge >= 0.3 is 0 Å². The molecule has 29 heavy (non-hydrogen) atoms. The normalized spacial score (nSPS) is 16.6. The molecule has 0 bridgehead atoms. The second kappa shape index (κ2) is 7.60. The SMILES string of the molecule is CC1CN(c2ccccc2C#N)C(=O)CN1C(=O)c1cccc(-c2ncc[nH]2)c1. The van der Waals surface area contributed by atoms with Crippen molar-refractivity contribution in [3.8, 4) is 17.5 Å². The van der Waals surface area contributed by atoms with Gasteiger partial charge in [-0.05, 0) is 31.2 Å². The van der Waals surface area contributed by atoms with Crippen molar-refractivity contribution in [1.29, 1.82) is 5.26 Å². The number of H-pyrrole nitrogens is 1. The van der Waals surface area contributed by atoms with E-state index < -0.39 is 0 Å². The number of nitrogens with one attached hydrogen (secondary N) is 1. The molecule has 0 aliphatic carbocycles. The van der Waals surface area contributed by atoms with Crippen LogP contribution in [-0.4, -0.2) is 45.8 Å². The Morgan fingerprint density at radius 3 is 2.83 bits per heavy atom. The van der Waals surface area contributed by atoms with Gasteiger partial charge in [-0.3, -0.25) is 9.59 Å².